The lowest BCUT2D eigenvalue weighted by Crippen LogP contribution is -2.30. The largest absolute Gasteiger partial charge is 0.378 e. The first-order valence-electron chi connectivity index (χ1n) is 11.1. The number of rotatable bonds is 5. The lowest BCUT2D eigenvalue weighted by atomic mass is 9.81. The van der Waals surface area contributed by atoms with E-state index in [1.165, 1.54) is 6.92 Å². The first-order valence-corrected chi connectivity index (χ1v) is 11.1. The smallest absolute Gasteiger partial charge is 0.222 e. The van der Waals surface area contributed by atoms with Crippen LogP contribution in [0, 0.1) is 24.2 Å². The number of methoxy groups -OCH3 is 1. The van der Waals surface area contributed by atoms with E-state index in [1.807, 2.05) is 31.3 Å². The van der Waals surface area contributed by atoms with Gasteiger partial charge in [-0.3, -0.25) is 4.79 Å². The normalized spacial score (nSPS) is 24.4. The monoisotopic (exact) mass is 446 g/mol. The second kappa shape index (κ2) is 8.21. The number of nitriles is 1. The summed E-state index contributed by atoms with van der Waals surface area (Å²) >= 11 is 0. The molecule has 0 bridgehead atoms. The third-order valence-electron chi connectivity index (χ3n) is 6.66. The number of fused-ring (bicyclic) bond motifs is 1. The van der Waals surface area contributed by atoms with Gasteiger partial charge in [0.25, 0.3) is 0 Å². The van der Waals surface area contributed by atoms with Crippen LogP contribution in [0.15, 0.2) is 24.4 Å². The number of hydrogen-bond acceptors (Lipinski definition) is 7. The molecule has 170 valence electrons. The van der Waals surface area contributed by atoms with Crippen molar-refractivity contribution in [2.45, 2.75) is 44.8 Å². The molecule has 1 amide bonds. The second-order valence-corrected chi connectivity index (χ2v) is 8.97. The Bertz CT molecular complexity index is 1270. The van der Waals surface area contributed by atoms with Crippen molar-refractivity contribution in [3.63, 3.8) is 0 Å². The van der Waals surface area contributed by atoms with Crippen molar-refractivity contribution in [3.05, 3.63) is 35.7 Å². The van der Waals surface area contributed by atoms with Crippen LogP contribution in [0.3, 0.4) is 0 Å². The number of ether oxygens (including phenoxy) is 2. The van der Waals surface area contributed by atoms with Gasteiger partial charge in [-0.25, -0.2) is 4.98 Å². The quantitative estimate of drug-likeness (QED) is 0.638. The molecule has 3 aromatic rings. The number of aromatic nitrogens is 4. The van der Waals surface area contributed by atoms with Crippen molar-refractivity contribution in [1.82, 2.24) is 19.7 Å². The van der Waals surface area contributed by atoms with Crippen LogP contribution < -0.4 is 5.32 Å². The van der Waals surface area contributed by atoms with Gasteiger partial charge < -0.3 is 19.4 Å². The van der Waals surface area contributed by atoms with E-state index in [2.05, 4.69) is 26.2 Å². The highest BCUT2D eigenvalue weighted by Crippen LogP contribution is 2.42. The fourth-order valence-electron chi connectivity index (χ4n) is 4.74. The molecule has 4 heterocycles. The van der Waals surface area contributed by atoms with E-state index >= 15 is 0 Å². The Hall–Kier alpha value is -3.35. The van der Waals surface area contributed by atoms with E-state index in [9.17, 15) is 10.1 Å². The van der Waals surface area contributed by atoms with E-state index in [0.29, 0.717) is 19.0 Å². The van der Waals surface area contributed by atoms with Crippen molar-refractivity contribution in [2.75, 3.05) is 25.6 Å². The molecule has 0 radical (unpaired) electrons. The molecule has 9 heteroatoms. The second-order valence-electron chi connectivity index (χ2n) is 8.97. The van der Waals surface area contributed by atoms with E-state index in [0.717, 1.165) is 52.8 Å². The summed E-state index contributed by atoms with van der Waals surface area (Å²) < 4.78 is 13.6. The number of hydrogen-bond donors (Lipinski definition) is 1. The minimum atomic E-state index is -0.561. The summed E-state index contributed by atoms with van der Waals surface area (Å²) in [5.74, 6) is 0.248. The van der Waals surface area contributed by atoms with Crippen LogP contribution in [0.5, 0.6) is 0 Å². The lowest BCUT2D eigenvalue weighted by molar-refractivity contribution is -0.114. The van der Waals surface area contributed by atoms with Crippen LogP contribution in [-0.4, -0.2) is 46.0 Å². The van der Waals surface area contributed by atoms with Gasteiger partial charge in [0.1, 0.15) is 5.60 Å². The highest BCUT2D eigenvalue weighted by Gasteiger charge is 2.39. The Labute approximate surface area is 191 Å². The lowest BCUT2D eigenvalue weighted by Gasteiger charge is -2.32. The molecular formula is C24H26N6O3. The molecule has 1 aliphatic carbocycles. The predicted octanol–water partition coefficient (Wildman–Crippen LogP) is 3.50. The topological polar surface area (TPSA) is 115 Å². The van der Waals surface area contributed by atoms with Gasteiger partial charge in [-0.2, -0.15) is 5.26 Å². The van der Waals surface area contributed by atoms with E-state index < -0.39 is 5.60 Å². The third-order valence-corrected chi connectivity index (χ3v) is 6.66. The average Bonchev–Trinajstić information content (AvgIpc) is 3.38. The molecule has 1 atom stereocenters. The van der Waals surface area contributed by atoms with Crippen LogP contribution in [0.25, 0.3) is 22.3 Å². The molecule has 5 rings (SSSR count). The van der Waals surface area contributed by atoms with Gasteiger partial charge in [-0.1, -0.05) is 0 Å². The molecule has 3 aromatic heterocycles. The van der Waals surface area contributed by atoms with Gasteiger partial charge >= 0.3 is 0 Å². The molecule has 33 heavy (non-hydrogen) atoms. The van der Waals surface area contributed by atoms with Gasteiger partial charge in [0.2, 0.25) is 5.91 Å². The predicted molar refractivity (Wildman–Crippen MR) is 121 cm³/mol. The molecule has 2 aliphatic rings. The maximum atomic E-state index is 11.6. The summed E-state index contributed by atoms with van der Waals surface area (Å²) in [4.78, 5) is 16.6. The van der Waals surface area contributed by atoms with Gasteiger partial charge in [0.05, 0.1) is 30.0 Å². The van der Waals surface area contributed by atoms with Crippen LogP contribution in [-0.2, 0) is 19.9 Å². The Balaban J connectivity index is 1.65. The van der Waals surface area contributed by atoms with Gasteiger partial charge in [0, 0.05) is 50.2 Å². The van der Waals surface area contributed by atoms with Crippen molar-refractivity contribution in [1.29, 1.82) is 5.26 Å². The number of carbonyl (C=O) groups is 1. The van der Waals surface area contributed by atoms with Crippen LogP contribution >= 0.6 is 0 Å². The van der Waals surface area contributed by atoms with E-state index in [-0.39, 0.29) is 17.9 Å². The zero-order chi connectivity index (χ0) is 23.2. The molecule has 2 fully saturated rings. The molecule has 9 nitrogen and oxygen atoms in total. The van der Waals surface area contributed by atoms with Gasteiger partial charge in [-0.05, 0) is 43.5 Å². The molecule has 0 aromatic carbocycles. The van der Waals surface area contributed by atoms with Crippen molar-refractivity contribution >= 4 is 22.8 Å². The average molecular weight is 447 g/mol. The molecule has 1 aliphatic heterocycles. The fraction of sp³-hybridized carbons (Fsp3) is 0.458. The number of amides is 1. The highest BCUT2D eigenvalue weighted by atomic mass is 16.5. The molecule has 1 saturated carbocycles. The Morgan fingerprint density at radius 1 is 1.33 bits per heavy atom. The SMILES string of the molecule is CO[C@@]1(c2cc(C)cc(-c3cn(C4CC(C#N)C4)c4nnc(NC(C)=O)cc34)n2)CCOC1. The number of nitrogens with zero attached hydrogens (tertiary/aromatic N) is 5. The number of aryl methyl sites for hydroxylation is 1. The standard InChI is InChI=1S/C24H26N6O3/c1-14-6-20(27-21(7-14)24(32-3)4-5-33-13-24)19-12-30(17-8-16(9-17)11-25)23-18(19)10-22(28-29-23)26-15(2)31/h6-7,10,12,16-17H,4-5,8-9,13H2,1-3H3,(H,26,28,31)/t16?,17?,24-/m0/s1. The molecule has 1 saturated heterocycles. The fourth-order valence-corrected chi connectivity index (χ4v) is 4.74. The summed E-state index contributed by atoms with van der Waals surface area (Å²) in [6, 6.07) is 8.45. The molecule has 1 N–H and O–H groups in total. The van der Waals surface area contributed by atoms with E-state index in [1.54, 1.807) is 7.11 Å². The minimum absolute atomic E-state index is 0.0649. The van der Waals surface area contributed by atoms with Gasteiger partial charge in [-0.15, -0.1) is 10.2 Å². The van der Waals surface area contributed by atoms with E-state index in [4.69, 9.17) is 14.5 Å². The summed E-state index contributed by atoms with van der Waals surface area (Å²) in [7, 11) is 1.70. The number of anilines is 1. The maximum absolute atomic E-state index is 11.6. The zero-order valence-corrected chi connectivity index (χ0v) is 19.0. The summed E-state index contributed by atoms with van der Waals surface area (Å²) in [6.07, 6.45) is 4.36. The van der Waals surface area contributed by atoms with Crippen LogP contribution in [0.1, 0.15) is 43.5 Å². The highest BCUT2D eigenvalue weighted by molar-refractivity contribution is 5.96. The zero-order valence-electron chi connectivity index (χ0n) is 19.0. The van der Waals surface area contributed by atoms with Crippen molar-refractivity contribution in [2.24, 2.45) is 5.92 Å². The Morgan fingerprint density at radius 3 is 2.82 bits per heavy atom. The minimum Gasteiger partial charge on any atom is -0.378 e. The molecular weight excluding hydrogens is 420 g/mol. The number of nitrogens with one attached hydrogen (secondary N) is 1. The molecule has 0 spiro atoms. The third kappa shape index (κ3) is 3.75. The van der Waals surface area contributed by atoms with Crippen molar-refractivity contribution < 1.29 is 14.3 Å². The van der Waals surface area contributed by atoms with Crippen LogP contribution in [0.2, 0.25) is 0 Å². The first kappa shape index (κ1) is 21.5. The summed E-state index contributed by atoms with van der Waals surface area (Å²) in [5.41, 5.74) is 3.77. The molecule has 0 unspecified atom stereocenters. The number of carbonyl (C=O) groups excluding carboxylic acids is 1. The van der Waals surface area contributed by atoms with Crippen molar-refractivity contribution in [3.8, 4) is 17.3 Å². The maximum Gasteiger partial charge on any atom is 0.222 e. The Kier molecular flexibility index (Phi) is 5.35. The first-order chi connectivity index (χ1) is 15.9. The summed E-state index contributed by atoms with van der Waals surface area (Å²) in [5, 5.41) is 21.4. The van der Waals surface area contributed by atoms with Gasteiger partial charge in [0.15, 0.2) is 11.5 Å². The Morgan fingerprint density at radius 2 is 2.15 bits per heavy atom. The number of pyridine rings is 1. The summed E-state index contributed by atoms with van der Waals surface area (Å²) in [6.45, 7) is 4.59. The van der Waals surface area contributed by atoms with Crippen LogP contribution in [0.4, 0.5) is 5.82 Å².